The van der Waals surface area contributed by atoms with E-state index < -0.39 is 16.6 Å². The first-order chi connectivity index (χ1) is 9.58. The van der Waals surface area contributed by atoms with Crippen LogP contribution in [0.15, 0.2) is 36.7 Å². The topological polar surface area (TPSA) is 90.1 Å². The van der Waals surface area contributed by atoms with Crippen molar-refractivity contribution in [3.8, 4) is 0 Å². The lowest BCUT2D eigenvalue weighted by Crippen LogP contribution is -2.28. The van der Waals surface area contributed by atoms with Gasteiger partial charge in [0.1, 0.15) is 5.82 Å². The molecule has 0 fully saturated rings. The Bertz CT molecular complexity index is 628. The molecule has 2 aromatic rings. The number of nitrogens with zero attached hydrogens (tertiary/aromatic N) is 3. The van der Waals surface area contributed by atoms with Crippen molar-refractivity contribution in [1.29, 1.82) is 0 Å². The van der Waals surface area contributed by atoms with Gasteiger partial charge in [0.25, 0.3) is 11.6 Å². The fourth-order valence-corrected chi connectivity index (χ4v) is 1.61. The van der Waals surface area contributed by atoms with Gasteiger partial charge in [0.2, 0.25) is 0 Å². The van der Waals surface area contributed by atoms with Crippen LogP contribution in [0.4, 0.5) is 10.1 Å². The molecule has 0 saturated heterocycles. The third-order valence-corrected chi connectivity index (χ3v) is 2.59. The van der Waals surface area contributed by atoms with E-state index in [0.717, 1.165) is 18.2 Å². The van der Waals surface area contributed by atoms with Crippen LogP contribution in [0.2, 0.25) is 0 Å². The van der Waals surface area contributed by atoms with Gasteiger partial charge < -0.3 is 5.32 Å². The van der Waals surface area contributed by atoms with E-state index in [9.17, 15) is 19.3 Å². The molecule has 0 aliphatic carbocycles. The number of nitro benzene ring substituents is 1. The molecule has 2 rings (SSSR count). The molecule has 0 bridgehead atoms. The maximum Gasteiger partial charge on any atom is 0.270 e. The molecule has 1 amide bonds. The highest BCUT2D eigenvalue weighted by atomic mass is 19.1. The highest BCUT2D eigenvalue weighted by Crippen LogP contribution is 2.16. The Morgan fingerprint density at radius 3 is 2.95 bits per heavy atom. The standard InChI is InChI=1S/C12H11FN4O3/c13-11-3-2-9(17(19)20)8-10(11)12(18)14-5-7-16-6-1-4-15-16/h1-4,6,8H,5,7H2,(H,14,18). The smallest absolute Gasteiger partial charge is 0.270 e. The first-order valence-electron chi connectivity index (χ1n) is 5.77. The zero-order valence-corrected chi connectivity index (χ0v) is 10.3. The van der Waals surface area contributed by atoms with E-state index in [0.29, 0.717) is 6.54 Å². The largest absolute Gasteiger partial charge is 0.350 e. The normalized spacial score (nSPS) is 10.2. The van der Waals surface area contributed by atoms with Crippen LogP contribution >= 0.6 is 0 Å². The number of non-ortho nitro benzene ring substituents is 1. The first-order valence-corrected chi connectivity index (χ1v) is 5.77. The lowest BCUT2D eigenvalue weighted by Gasteiger charge is -2.06. The average Bonchev–Trinajstić information content (AvgIpc) is 2.92. The van der Waals surface area contributed by atoms with Gasteiger partial charge in [-0.2, -0.15) is 5.10 Å². The third-order valence-electron chi connectivity index (χ3n) is 2.59. The molecule has 1 aromatic carbocycles. The second-order valence-corrected chi connectivity index (χ2v) is 3.95. The fourth-order valence-electron chi connectivity index (χ4n) is 1.61. The monoisotopic (exact) mass is 278 g/mol. The van der Waals surface area contributed by atoms with Gasteiger partial charge >= 0.3 is 0 Å². The minimum absolute atomic E-state index is 0.239. The SMILES string of the molecule is O=C(NCCn1cccn1)c1cc([N+](=O)[O-])ccc1F. The average molecular weight is 278 g/mol. The van der Waals surface area contributed by atoms with Gasteiger partial charge in [-0.05, 0) is 12.1 Å². The fraction of sp³-hybridized carbons (Fsp3) is 0.167. The van der Waals surface area contributed by atoms with Crippen molar-refractivity contribution < 1.29 is 14.1 Å². The summed E-state index contributed by atoms with van der Waals surface area (Å²) >= 11 is 0. The van der Waals surface area contributed by atoms with Gasteiger partial charge in [-0.15, -0.1) is 0 Å². The molecule has 1 N–H and O–H groups in total. The molecule has 1 heterocycles. The van der Waals surface area contributed by atoms with E-state index in [1.807, 2.05) is 0 Å². The molecule has 0 spiro atoms. The highest BCUT2D eigenvalue weighted by molar-refractivity contribution is 5.95. The van der Waals surface area contributed by atoms with E-state index in [1.54, 1.807) is 23.1 Å². The Hall–Kier alpha value is -2.77. The van der Waals surface area contributed by atoms with Crippen molar-refractivity contribution in [3.05, 3.63) is 58.2 Å². The molecule has 0 radical (unpaired) electrons. The zero-order chi connectivity index (χ0) is 14.5. The molecule has 0 unspecified atom stereocenters. The summed E-state index contributed by atoms with van der Waals surface area (Å²) in [5.74, 6) is -1.49. The van der Waals surface area contributed by atoms with Crippen LogP contribution in [0.25, 0.3) is 0 Å². The predicted molar refractivity (Wildman–Crippen MR) is 67.6 cm³/mol. The number of rotatable bonds is 5. The molecule has 0 aliphatic heterocycles. The molecule has 7 nitrogen and oxygen atoms in total. The number of carbonyl (C=O) groups is 1. The van der Waals surface area contributed by atoms with Crippen LogP contribution in [0.5, 0.6) is 0 Å². The summed E-state index contributed by atoms with van der Waals surface area (Å²) < 4.78 is 15.1. The number of benzene rings is 1. The number of hydrogen-bond acceptors (Lipinski definition) is 4. The Balaban J connectivity index is 2.01. The highest BCUT2D eigenvalue weighted by Gasteiger charge is 2.16. The summed E-state index contributed by atoms with van der Waals surface area (Å²) in [5, 5.41) is 17.0. The van der Waals surface area contributed by atoms with E-state index in [2.05, 4.69) is 10.4 Å². The molecule has 8 heteroatoms. The Labute approximate surface area is 113 Å². The minimum atomic E-state index is -0.799. The van der Waals surface area contributed by atoms with Gasteiger partial charge in [0.05, 0.1) is 17.0 Å². The molecule has 1 aromatic heterocycles. The Morgan fingerprint density at radius 2 is 2.30 bits per heavy atom. The van der Waals surface area contributed by atoms with Gasteiger partial charge in [0, 0.05) is 31.1 Å². The lowest BCUT2D eigenvalue weighted by atomic mass is 10.1. The van der Waals surface area contributed by atoms with Crippen LogP contribution in [0, 0.1) is 15.9 Å². The van der Waals surface area contributed by atoms with E-state index >= 15 is 0 Å². The van der Waals surface area contributed by atoms with E-state index in [1.165, 1.54) is 0 Å². The van der Waals surface area contributed by atoms with Crippen molar-refractivity contribution >= 4 is 11.6 Å². The minimum Gasteiger partial charge on any atom is -0.350 e. The lowest BCUT2D eigenvalue weighted by molar-refractivity contribution is -0.384. The Kier molecular flexibility index (Phi) is 4.04. The number of aromatic nitrogens is 2. The molecule has 0 atom stereocenters. The van der Waals surface area contributed by atoms with E-state index in [-0.39, 0.29) is 17.8 Å². The van der Waals surface area contributed by atoms with Crippen LogP contribution in [0.1, 0.15) is 10.4 Å². The van der Waals surface area contributed by atoms with Gasteiger partial charge in [0.15, 0.2) is 0 Å². The molecule has 20 heavy (non-hydrogen) atoms. The van der Waals surface area contributed by atoms with E-state index in [4.69, 9.17) is 0 Å². The number of nitro groups is 1. The second-order valence-electron chi connectivity index (χ2n) is 3.95. The predicted octanol–water partition coefficient (Wildman–Crippen LogP) is 1.36. The van der Waals surface area contributed by atoms with Crippen LogP contribution in [0.3, 0.4) is 0 Å². The molecular weight excluding hydrogens is 267 g/mol. The van der Waals surface area contributed by atoms with Crippen molar-refractivity contribution in [2.45, 2.75) is 6.54 Å². The maximum atomic E-state index is 13.5. The number of carbonyl (C=O) groups excluding carboxylic acids is 1. The molecular formula is C12H11FN4O3. The summed E-state index contributed by atoms with van der Waals surface area (Å²) in [4.78, 5) is 21.7. The number of nitrogens with one attached hydrogen (secondary N) is 1. The summed E-state index contributed by atoms with van der Waals surface area (Å²) in [6, 6.07) is 4.57. The number of amides is 1. The summed E-state index contributed by atoms with van der Waals surface area (Å²) in [5.41, 5.74) is -0.678. The molecule has 104 valence electrons. The summed E-state index contributed by atoms with van der Waals surface area (Å²) in [6.45, 7) is 0.665. The molecule has 0 saturated carbocycles. The molecule has 0 aliphatic rings. The van der Waals surface area contributed by atoms with Crippen LogP contribution < -0.4 is 5.32 Å². The first kappa shape index (κ1) is 13.7. The van der Waals surface area contributed by atoms with Crippen molar-refractivity contribution in [3.63, 3.8) is 0 Å². The van der Waals surface area contributed by atoms with Crippen molar-refractivity contribution in [2.75, 3.05) is 6.54 Å². The number of hydrogen-bond donors (Lipinski definition) is 1. The summed E-state index contributed by atoms with van der Waals surface area (Å²) in [6.07, 6.45) is 3.32. The maximum absolute atomic E-state index is 13.5. The Morgan fingerprint density at radius 1 is 1.50 bits per heavy atom. The van der Waals surface area contributed by atoms with Gasteiger partial charge in [-0.1, -0.05) is 0 Å². The summed E-state index contributed by atoms with van der Waals surface area (Å²) in [7, 11) is 0. The van der Waals surface area contributed by atoms with Crippen LogP contribution in [-0.4, -0.2) is 27.2 Å². The van der Waals surface area contributed by atoms with Crippen LogP contribution in [-0.2, 0) is 6.54 Å². The van der Waals surface area contributed by atoms with Gasteiger partial charge in [-0.3, -0.25) is 19.6 Å². The quantitative estimate of drug-likeness (QED) is 0.660. The van der Waals surface area contributed by atoms with Crippen molar-refractivity contribution in [1.82, 2.24) is 15.1 Å². The zero-order valence-electron chi connectivity index (χ0n) is 10.3. The third kappa shape index (κ3) is 3.16. The van der Waals surface area contributed by atoms with Crippen molar-refractivity contribution in [2.24, 2.45) is 0 Å². The second kappa shape index (κ2) is 5.91. The number of halogens is 1. The van der Waals surface area contributed by atoms with Gasteiger partial charge in [-0.25, -0.2) is 4.39 Å².